The summed E-state index contributed by atoms with van der Waals surface area (Å²) in [5.41, 5.74) is 0.815. The number of aliphatic hydroxyl groups is 1. The Bertz CT molecular complexity index is 377. The number of rotatable bonds is 6. The fourth-order valence-electron chi connectivity index (χ4n) is 1.51. The van der Waals surface area contributed by atoms with Crippen molar-refractivity contribution in [1.82, 2.24) is 0 Å². The molecule has 0 aliphatic rings. The fourth-order valence-corrected chi connectivity index (χ4v) is 2.65. The average molecular weight is 254 g/mol. The second kappa shape index (κ2) is 6.67. The third kappa shape index (κ3) is 4.40. The first kappa shape index (κ1) is 14.1. The Balaban J connectivity index is 2.78. The van der Waals surface area contributed by atoms with Gasteiger partial charge in [0.25, 0.3) is 0 Å². The van der Waals surface area contributed by atoms with Gasteiger partial charge >= 0.3 is 5.97 Å². The first-order valence-corrected chi connectivity index (χ1v) is 6.60. The van der Waals surface area contributed by atoms with E-state index in [0.29, 0.717) is 6.42 Å². The molecule has 0 saturated carbocycles. The van der Waals surface area contributed by atoms with E-state index in [1.165, 1.54) is 11.8 Å². The van der Waals surface area contributed by atoms with E-state index >= 15 is 0 Å². The lowest BCUT2D eigenvalue weighted by Crippen LogP contribution is -2.15. The van der Waals surface area contributed by atoms with Crippen molar-refractivity contribution >= 4 is 17.7 Å². The molecule has 4 heteroatoms. The van der Waals surface area contributed by atoms with E-state index in [0.717, 1.165) is 16.9 Å². The van der Waals surface area contributed by atoms with Gasteiger partial charge in [-0.15, -0.1) is 11.8 Å². The summed E-state index contributed by atoms with van der Waals surface area (Å²) in [5.74, 6) is -0.778. The molecule has 1 aromatic carbocycles. The lowest BCUT2D eigenvalue weighted by atomic mass is 10.1. The van der Waals surface area contributed by atoms with Gasteiger partial charge < -0.3 is 10.2 Å². The maximum atomic E-state index is 11.0. The first-order valence-electron chi connectivity index (χ1n) is 5.72. The minimum atomic E-state index is -0.778. The summed E-state index contributed by atoms with van der Waals surface area (Å²) in [6.07, 6.45) is 0.976. The number of carboxylic acids is 1. The predicted molar refractivity (Wildman–Crippen MR) is 69.3 cm³/mol. The van der Waals surface area contributed by atoms with Crippen LogP contribution in [-0.2, 0) is 4.79 Å². The summed E-state index contributed by atoms with van der Waals surface area (Å²) in [4.78, 5) is 11.9. The lowest BCUT2D eigenvalue weighted by Gasteiger charge is -2.12. The summed E-state index contributed by atoms with van der Waals surface area (Å²) in [6, 6.07) is 7.41. The summed E-state index contributed by atoms with van der Waals surface area (Å²) in [6.45, 7) is 3.67. The molecule has 0 heterocycles. The second-order valence-corrected chi connectivity index (χ2v) is 5.26. The van der Waals surface area contributed by atoms with Crippen molar-refractivity contribution in [2.75, 3.05) is 0 Å². The van der Waals surface area contributed by atoms with Gasteiger partial charge in [-0.3, -0.25) is 4.79 Å². The van der Waals surface area contributed by atoms with E-state index in [1.54, 1.807) is 6.92 Å². The molecule has 0 aliphatic carbocycles. The standard InChI is InChI=1S/C13H18O3S/c1-3-5-12(13(15)16)17-11-7-4-6-10(8-11)9(2)14/h4,6-9,12,14H,3,5H2,1-2H3,(H,15,16). The van der Waals surface area contributed by atoms with E-state index < -0.39 is 17.3 Å². The van der Waals surface area contributed by atoms with Crippen LogP contribution in [0.1, 0.15) is 38.4 Å². The van der Waals surface area contributed by atoms with Crippen molar-refractivity contribution in [1.29, 1.82) is 0 Å². The van der Waals surface area contributed by atoms with Crippen LogP contribution in [-0.4, -0.2) is 21.4 Å². The van der Waals surface area contributed by atoms with E-state index in [2.05, 4.69) is 0 Å². The highest BCUT2D eigenvalue weighted by molar-refractivity contribution is 8.00. The van der Waals surface area contributed by atoms with E-state index in [-0.39, 0.29) is 0 Å². The topological polar surface area (TPSA) is 57.5 Å². The van der Waals surface area contributed by atoms with Gasteiger partial charge in [0.15, 0.2) is 0 Å². The Morgan fingerprint density at radius 3 is 2.71 bits per heavy atom. The number of carboxylic acid groups (broad SMARTS) is 1. The maximum absolute atomic E-state index is 11.0. The summed E-state index contributed by atoms with van der Waals surface area (Å²) < 4.78 is 0. The molecule has 0 aromatic heterocycles. The van der Waals surface area contributed by atoms with Crippen molar-refractivity contribution in [3.63, 3.8) is 0 Å². The van der Waals surface area contributed by atoms with Crippen LogP contribution in [0.2, 0.25) is 0 Å². The van der Waals surface area contributed by atoms with Gasteiger partial charge in [-0.25, -0.2) is 0 Å². The molecule has 1 rings (SSSR count). The third-order valence-electron chi connectivity index (χ3n) is 2.45. The highest BCUT2D eigenvalue weighted by Crippen LogP contribution is 2.28. The van der Waals surface area contributed by atoms with Crippen molar-refractivity contribution in [3.8, 4) is 0 Å². The molecule has 94 valence electrons. The van der Waals surface area contributed by atoms with E-state index in [4.69, 9.17) is 5.11 Å². The quantitative estimate of drug-likeness (QED) is 0.766. The Morgan fingerprint density at radius 1 is 1.47 bits per heavy atom. The monoisotopic (exact) mass is 254 g/mol. The molecule has 0 radical (unpaired) electrons. The van der Waals surface area contributed by atoms with Gasteiger partial charge in [0.1, 0.15) is 5.25 Å². The van der Waals surface area contributed by atoms with Crippen LogP contribution in [0.5, 0.6) is 0 Å². The zero-order valence-electron chi connectivity index (χ0n) is 10.1. The molecule has 0 aliphatic heterocycles. The van der Waals surface area contributed by atoms with Gasteiger partial charge in [-0.1, -0.05) is 25.5 Å². The minimum Gasteiger partial charge on any atom is -0.480 e. The Kier molecular flexibility index (Phi) is 5.51. The third-order valence-corrected chi connectivity index (χ3v) is 3.69. The molecule has 0 amide bonds. The summed E-state index contributed by atoms with van der Waals surface area (Å²) >= 11 is 1.34. The van der Waals surface area contributed by atoms with Crippen LogP contribution in [0.25, 0.3) is 0 Å². The number of carbonyl (C=O) groups is 1. The number of hydrogen-bond acceptors (Lipinski definition) is 3. The molecular weight excluding hydrogens is 236 g/mol. The van der Waals surface area contributed by atoms with E-state index in [9.17, 15) is 9.90 Å². The molecule has 0 spiro atoms. The van der Waals surface area contributed by atoms with Gasteiger partial charge in [0.05, 0.1) is 6.10 Å². The minimum absolute atomic E-state index is 0.413. The largest absolute Gasteiger partial charge is 0.480 e. The zero-order chi connectivity index (χ0) is 12.8. The van der Waals surface area contributed by atoms with Crippen LogP contribution in [0.3, 0.4) is 0 Å². The number of benzene rings is 1. The van der Waals surface area contributed by atoms with Crippen LogP contribution < -0.4 is 0 Å². The Morgan fingerprint density at radius 2 is 2.18 bits per heavy atom. The predicted octanol–water partition coefficient (Wildman–Crippen LogP) is 3.09. The number of aliphatic carboxylic acids is 1. The average Bonchev–Trinajstić information content (AvgIpc) is 2.28. The Labute approximate surface area is 106 Å². The SMILES string of the molecule is CCCC(Sc1cccc(C(C)O)c1)C(=O)O. The highest BCUT2D eigenvalue weighted by Gasteiger charge is 2.17. The molecule has 0 bridgehead atoms. The smallest absolute Gasteiger partial charge is 0.316 e. The maximum Gasteiger partial charge on any atom is 0.316 e. The number of aliphatic hydroxyl groups excluding tert-OH is 1. The van der Waals surface area contributed by atoms with Gasteiger partial charge in [0, 0.05) is 4.90 Å². The summed E-state index contributed by atoms with van der Waals surface area (Å²) in [7, 11) is 0. The number of hydrogen-bond donors (Lipinski definition) is 2. The van der Waals surface area contributed by atoms with Gasteiger partial charge in [-0.2, -0.15) is 0 Å². The van der Waals surface area contributed by atoms with Crippen LogP contribution >= 0.6 is 11.8 Å². The van der Waals surface area contributed by atoms with Crippen molar-refractivity contribution in [2.45, 2.75) is 42.9 Å². The molecule has 1 aromatic rings. The van der Waals surface area contributed by atoms with Gasteiger partial charge in [-0.05, 0) is 31.0 Å². The number of thioether (sulfide) groups is 1. The van der Waals surface area contributed by atoms with Crippen molar-refractivity contribution < 1.29 is 15.0 Å². The first-order chi connectivity index (χ1) is 8.04. The molecule has 17 heavy (non-hydrogen) atoms. The molecular formula is C13H18O3S. The van der Waals surface area contributed by atoms with Gasteiger partial charge in [0.2, 0.25) is 0 Å². The van der Waals surface area contributed by atoms with E-state index in [1.807, 2.05) is 31.2 Å². The van der Waals surface area contributed by atoms with Crippen LogP contribution in [0.15, 0.2) is 29.2 Å². The molecule has 3 nitrogen and oxygen atoms in total. The molecule has 0 fully saturated rings. The van der Waals surface area contributed by atoms with Crippen LogP contribution in [0, 0.1) is 0 Å². The fraction of sp³-hybridized carbons (Fsp3) is 0.462. The summed E-state index contributed by atoms with van der Waals surface area (Å²) in [5, 5.41) is 18.1. The highest BCUT2D eigenvalue weighted by atomic mass is 32.2. The Hall–Kier alpha value is -1.00. The van der Waals surface area contributed by atoms with Crippen LogP contribution in [0.4, 0.5) is 0 Å². The van der Waals surface area contributed by atoms with Crippen molar-refractivity contribution in [2.24, 2.45) is 0 Å². The molecule has 2 unspecified atom stereocenters. The second-order valence-electron chi connectivity index (χ2n) is 3.98. The normalized spacial score (nSPS) is 14.3. The molecule has 2 atom stereocenters. The van der Waals surface area contributed by atoms with Crippen molar-refractivity contribution in [3.05, 3.63) is 29.8 Å². The zero-order valence-corrected chi connectivity index (χ0v) is 10.9. The lowest BCUT2D eigenvalue weighted by molar-refractivity contribution is -0.136. The molecule has 2 N–H and O–H groups in total. The molecule has 0 saturated heterocycles.